The molecule has 0 radical (unpaired) electrons. The van der Waals surface area contributed by atoms with E-state index < -0.39 is 0 Å². The van der Waals surface area contributed by atoms with E-state index in [9.17, 15) is 20.3 Å². The van der Waals surface area contributed by atoms with Gasteiger partial charge in [0.2, 0.25) is 0 Å². The molecule has 2 heterocycles. The lowest BCUT2D eigenvalue weighted by molar-refractivity contribution is -0.384. The molecule has 2 fully saturated rings. The van der Waals surface area contributed by atoms with E-state index in [1.54, 1.807) is 12.1 Å². The van der Waals surface area contributed by atoms with Crippen molar-refractivity contribution in [2.24, 2.45) is 0 Å². The summed E-state index contributed by atoms with van der Waals surface area (Å²) in [7, 11) is 4.33. The number of piperazine rings is 2. The topological polar surface area (TPSA) is 123 Å². The number of aliphatic hydroxyl groups excluding tert-OH is 2. The summed E-state index contributed by atoms with van der Waals surface area (Å²) >= 11 is 0. The van der Waals surface area contributed by atoms with Crippen molar-refractivity contribution in [3.05, 3.63) is 201 Å². The summed E-state index contributed by atoms with van der Waals surface area (Å²) in [4.78, 5) is 20.4. The van der Waals surface area contributed by atoms with Gasteiger partial charge >= 0.3 is 0 Å². The molecule has 0 unspecified atom stereocenters. The number of nitro groups is 1. The molecule has 0 aliphatic carbocycles. The summed E-state index contributed by atoms with van der Waals surface area (Å²) < 4.78 is 0. The van der Waals surface area contributed by atoms with E-state index in [1.807, 2.05) is 48.5 Å². The Balaban J connectivity index is 0.000000218. The van der Waals surface area contributed by atoms with E-state index in [-0.39, 0.29) is 28.5 Å². The van der Waals surface area contributed by atoms with Gasteiger partial charge in [-0.05, 0) is 144 Å². The van der Waals surface area contributed by atoms with Gasteiger partial charge < -0.3 is 40.3 Å². The van der Waals surface area contributed by atoms with Gasteiger partial charge in [0.15, 0.2) is 0 Å². The van der Waals surface area contributed by atoms with Crippen molar-refractivity contribution in [2.45, 2.75) is 25.7 Å². The molecule has 6 aromatic carbocycles. The van der Waals surface area contributed by atoms with E-state index in [0.717, 1.165) is 104 Å². The Hall–Kier alpha value is -6.63. The van der Waals surface area contributed by atoms with Crippen LogP contribution in [0.1, 0.15) is 59.1 Å². The number of likely N-dealkylation sites (N-methyl/N-ethyl adjacent to an activating group) is 2. The summed E-state index contributed by atoms with van der Waals surface area (Å²) in [5.74, 6) is 0. The highest BCUT2D eigenvalue weighted by Crippen LogP contribution is 2.38. The van der Waals surface area contributed by atoms with Crippen LogP contribution in [0.4, 0.5) is 22.7 Å². The Kier molecular flexibility index (Phi) is 18.4. The number of hydrogen-bond donors (Lipinski definition) is 3. The van der Waals surface area contributed by atoms with Crippen LogP contribution in [0.25, 0.3) is 22.3 Å². The average molecular weight is 904 g/mol. The van der Waals surface area contributed by atoms with Crippen molar-refractivity contribution < 1.29 is 19.8 Å². The third-order valence-corrected chi connectivity index (χ3v) is 12.6. The number of benzene rings is 6. The molecule has 10 nitrogen and oxygen atoms in total. The lowest BCUT2D eigenvalue weighted by Crippen LogP contribution is -3.00. The first kappa shape index (κ1) is 49.8. The van der Waals surface area contributed by atoms with E-state index in [1.165, 1.54) is 33.6 Å². The van der Waals surface area contributed by atoms with Gasteiger partial charge in [-0.25, -0.2) is 0 Å². The first-order chi connectivity index (χ1) is 32.2. The maximum atomic E-state index is 11.2. The number of allylic oxidation sites excluding steroid dienone is 2. The smallest absolute Gasteiger partial charge is 0.269 e. The van der Waals surface area contributed by atoms with Gasteiger partial charge in [-0.1, -0.05) is 97.1 Å². The number of nitrogens with zero attached hydrogens (tertiary/aromatic N) is 5. The molecule has 350 valence electrons. The molecule has 4 N–H and O–H groups in total. The monoisotopic (exact) mass is 903 g/mol. The molecule has 8 rings (SSSR count). The van der Waals surface area contributed by atoms with Crippen LogP contribution in [-0.2, 0) is 0 Å². The second-order valence-corrected chi connectivity index (χ2v) is 17.2. The standard InChI is InChI=1S/C28H31N3O3.C28H33N3O.FH/c1-29-17-19-30(20-18-29)25-13-9-23(10-14-25)28(24-11-15-26(16-12-24)31(33)34)27(8-5-21-32)22-6-3-2-4-7-22;1-30-17-19-31(20-18-30)26-15-11-24(12-16-26)28(23-9-13-25(29)14-10-23)27(8-5-21-32)22-6-3-2-4-7-22;/h2-4,6-7,9-16,32H,5,8,17-21H2,1H3;2-4,6-7,9-16,32H,5,8,17-21,29H2,1H3;1H/p-1/b28-27+;28-27-;. The van der Waals surface area contributed by atoms with Gasteiger partial charge in [-0.3, -0.25) is 10.1 Å². The van der Waals surface area contributed by atoms with Crippen molar-refractivity contribution >= 4 is 45.0 Å². The molecule has 2 aliphatic rings. The largest absolute Gasteiger partial charge is 1.00 e. The molecule has 0 spiro atoms. The van der Waals surface area contributed by atoms with E-state index in [2.05, 4.69) is 131 Å². The summed E-state index contributed by atoms with van der Waals surface area (Å²) in [5.41, 5.74) is 20.5. The van der Waals surface area contributed by atoms with Crippen LogP contribution in [-0.4, -0.2) is 105 Å². The number of halogens is 1. The quantitative estimate of drug-likeness (QED) is 0.0441. The van der Waals surface area contributed by atoms with Crippen LogP contribution in [0.15, 0.2) is 158 Å². The zero-order valence-corrected chi connectivity index (χ0v) is 38.8. The summed E-state index contributed by atoms with van der Waals surface area (Å²) in [6.45, 7) is 8.70. The van der Waals surface area contributed by atoms with Crippen molar-refractivity contribution in [3.8, 4) is 0 Å². The lowest BCUT2D eigenvalue weighted by Gasteiger charge is -2.34. The molecule has 0 atom stereocenters. The Morgan fingerprint density at radius 2 is 0.821 bits per heavy atom. The summed E-state index contributed by atoms with van der Waals surface area (Å²) in [5, 5.41) is 30.4. The molecule has 2 aliphatic heterocycles. The molecule has 0 saturated carbocycles. The van der Waals surface area contributed by atoms with Gasteiger partial charge in [-0.15, -0.1) is 0 Å². The summed E-state index contributed by atoms with van der Waals surface area (Å²) in [6, 6.07) is 53.1. The van der Waals surface area contributed by atoms with Gasteiger partial charge in [0.05, 0.1) is 4.92 Å². The number of hydrogen-bond acceptors (Lipinski definition) is 9. The third kappa shape index (κ3) is 13.3. The molecule has 6 aromatic rings. The lowest BCUT2D eigenvalue weighted by atomic mass is 9.87. The molecule has 0 amide bonds. The van der Waals surface area contributed by atoms with Crippen molar-refractivity contribution in [1.29, 1.82) is 0 Å². The van der Waals surface area contributed by atoms with Crippen molar-refractivity contribution in [1.82, 2.24) is 9.80 Å². The van der Waals surface area contributed by atoms with Gasteiger partial charge in [0, 0.05) is 94.8 Å². The fourth-order valence-electron chi connectivity index (χ4n) is 8.85. The number of aliphatic hydroxyl groups is 2. The minimum atomic E-state index is -0.373. The van der Waals surface area contributed by atoms with E-state index >= 15 is 0 Å². The zero-order chi connectivity index (χ0) is 46.3. The fourth-order valence-corrected chi connectivity index (χ4v) is 8.85. The first-order valence-corrected chi connectivity index (χ1v) is 23.2. The predicted octanol–water partition coefficient (Wildman–Crippen LogP) is 6.83. The highest BCUT2D eigenvalue weighted by atomic mass is 19.0. The number of rotatable bonds is 15. The Bertz CT molecular complexity index is 2500. The van der Waals surface area contributed by atoms with Gasteiger partial charge in [0.25, 0.3) is 5.69 Å². The number of nitrogens with two attached hydrogens (primary N) is 1. The number of nitrogen functional groups attached to an aromatic ring is 1. The van der Waals surface area contributed by atoms with Crippen LogP contribution in [0.3, 0.4) is 0 Å². The maximum Gasteiger partial charge on any atom is 0.269 e. The number of nitro benzene ring substituents is 1. The molecule has 2 saturated heterocycles. The molecule has 67 heavy (non-hydrogen) atoms. The van der Waals surface area contributed by atoms with E-state index in [4.69, 9.17) is 5.73 Å². The minimum Gasteiger partial charge on any atom is -1.00 e. The zero-order valence-electron chi connectivity index (χ0n) is 38.8. The Morgan fingerprint density at radius 1 is 0.493 bits per heavy atom. The van der Waals surface area contributed by atoms with Crippen molar-refractivity contribution in [3.63, 3.8) is 0 Å². The number of non-ortho nitro benzene ring substituents is 1. The van der Waals surface area contributed by atoms with Crippen LogP contribution < -0.4 is 20.2 Å². The van der Waals surface area contributed by atoms with Crippen molar-refractivity contribution in [2.75, 3.05) is 95.2 Å². The highest BCUT2D eigenvalue weighted by molar-refractivity contribution is 6.00. The second-order valence-electron chi connectivity index (χ2n) is 17.2. The average Bonchev–Trinajstić information content (AvgIpc) is 3.36. The van der Waals surface area contributed by atoms with Crippen LogP contribution in [0.5, 0.6) is 0 Å². The van der Waals surface area contributed by atoms with Crippen LogP contribution in [0, 0.1) is 10.1 Å². The van der Waals surface area contributed by atoms with E-state index in [0.29, 0.717) is 12.8 Å². The number of anilines is 3. The summed E-state index contributed by atoms with van der Waals surface area (Å²) in [6.07, 6.45) is 2.87. The molecular formula is C56H64FN6O4-. The van der Waals surface area contributed by atoms with Crippen LogP contribution >= 0.6 is 0 Å². The Labute approximate surface area is 395 Å². The van der Waals surface area contributed by atoms with Crippen LogP contribution in [0.2, 0.25) is 0 Å². The maximum absolute atomic E-state index is 11.2. The predicted molar refractivity (Wildman–Crippen MR) is 274 cm³/mol. The third-order valence-electron chi connectivity index (χ3n) is 12.6. The first-order valence-electron chi connectivity index (χ1n) is 23.2. The minimum absolute atomic E-state index is 0. The SMILES string of the molecule is CN1CCN(c2ccc(/C(=C(/CCCO)c3ccccc3)c3ccc(N)cc3)cc2)CC1.CN1CCN(c2ccc(/C(=C(/CCCO)c3ccccc3)c3ccc([N+](=O)[O-])cc3)cc2)CC1.[F-]. The van der Waals surface area contributed by atoms with Gasteiger partial charge in [0.1, 0.15) is 0 Å². The highest BCUT2D eigenvalue weighted by Gasteiger charge is 2.20. The molecule has 0 aromatic heterocycles. The normalized spacial score (nSPS) is 15.1. The van der Waals surface area contributed by atoms with Gasteiger partial charge in [-0.2, -0.15) is 0 Å². The fraction of sp³-hybridized carbons (Fsp3) is 0.286. The molecule has 0 bridgehead atoms. The molecular weight excluding hydrogens is 840 g/mol. The molecule has 11 heteroatoms. The second kappa shape index (κ2) is 24.8. The Morgan fingerprint density at radius 3 is 1.15 bits per heavy atom.